The number of hydrogen-bond donors (Lipinski definition) is 1. The zero-order valence-electron chi connectivity index (χ0n) is 7.46. The molecule has 72 valence electrons. The van der Waals surface area contributed by atoms with Crippen molar-refractivity contribution >= 4 is 21.8 Å². The van der Waals surface area contributed by atoms with Crippen LogP contribution in [0.25, 0.3) is 0 Å². The Bertz CT molecular complexity index is 285. The molecule has 0 aliphatic rings. The van der Waals surface area contributed by atoms with Crippen LogP contribution >= 0.6 is 15.9 Å². The highest BCUT2D eigenvalue weighted by molar-refractivity contribution is 9.09. The standard InChI is InChI=1S/C8H12BrN3O/c1-12-5-7(11-6-12)8(13)10-4-2-3-9/h5-6H,2-4H2,1H3,(H,10,13). The van der Waals surface area contributed by atoms with E-state index in [9.17, 15) is 4.79 Å². The van der Waals surface area contributed by atoms with Crippen LogP contribution in [-0.2, 0) is 7.05 Å². The minimum atomic E-state index is -0.110. The molecule has 0 atom stereocenters. The number of rotatable bonds is 4. The number of carbonyl (C=O) groups excluding carboxylic acids is 1. The van der Waals surface area contributed by atoms with E-state index in [4.69, 9.17) is 0 Å². The monoisotopic (exact) mass is 245 g/mol. The van der Waals surface area contributed by atoms with Crippen molar-refractivity contribution in [1.82, 2.24) is 14.9 Å². The zero-order chi connectivity index (χ0) is 9.68. The Hall–Kier alpha value is -0.840. The van der Waals surface area contributed by atoms with Crippen LogP contribution in [0.2, 0.25) is 0 Å². The Balaban J connectivity index is 2.40. The van der Waals surface area contributed by atoms with Crippen molar-refractivity contribution in [3.8, 4) is 0 Å². The summed E-state index contributed by atoms with van der Waals surface area (Å²) in [6.07, 6.45) is 4.24. The van der Waals surface area contributed by atoms with Crippen LogP contribution in [-0.4, -0.2) is 27.3 Å². The molecular weight excluding hydrogens is 234 g/mol. The lowest BCUT2D eigenvalue weighted by atomic mass is 10.4. The van der Waals surface area contributed by atoms with Crippen molar-refractivity contribution < 1.29 is 4.79 Å². The van der Waals surface area contributed by atoms with E-state index in [0.29, 0.717) is 12.2 Å². The van der Waals surface area contributed by atoms with Crippen LogP contribution in [0.3, 0.4) is 0 Å². The van der Waals surface area contributed by atoms with Crippen molar-refractivity contribution in [1.29, 1.82) is 0 Å². The molecule has 1 N–H and O–H groups in total. The van der Waals surface area contributed by atoms with Gasteiger partial charge in [0.2, 0.25) is 0 Å². The maximum atomic E-state index is 11.3. The van der Waals surface area contributed by atoms with Crippen molar-refractivity contribution in [2.75, 3.05) is 11.9 Å². The third-order valence-electron chi connectivity index (χ3n) is 1.53. The van der Waals surface area contributed by atoms with E-state index < -0.39 is 0 Å². The van der Waals surface area contributed by atoms with Crippen LogP contribution in [0.1, 0.15) is 16.9 Å². The lowest BCUT2D eigenvalue weighted by Gasteiger charge is -1.99. The summed E-state index contributed by atoms with van der Waals surface area (Å²) in [6, 6.07) is 0. The second kappa shape index (κ2) is 5.01. The smallest absolute Gasteiger partial charge is 0.271 e. The van der Waals surface area contributed by atoms with Gasteiger partial charge in [0.25, 0.3) is 5.91 Å². The summed E-state index contributed by atoms with van der Waals surface area (Å²) in [5.74, 6) is -0.110. The minimum absolute atomic E-state index is 0.110. The van der Waals surface area contributed by atoms with E-state index in [0.717, 1.165) is 11.8 Å². The molecule has 0 spiro atoms. The van der Waals surface area contributed by atoms with Crippen molar-refractivity contribution in [2.45, 2.75) is 6.42 Å². The van der Waals surface area contributed by atoms with Crippen LogP contribution < -0.4 is 5.32 Å². The van der Waals surface area contributed by atoms with Crippen molar-refractivity contribution in [3.63, 3.8) is 0 Å². The first-order chi connectivity index (χ1) is 6.24. The number of halogens is 1. The molecule has 1 amide bonds. The van der Waals surface area contributed by atoms with Gasteiger partial charge in [0, 0.05) is 25.1 Å². The highest BCUT2D eigenvalue weighted by Gasteiger charge is 2.06. The number of alkyl halides is 1. The first kappa shape index (κ1) is 10.2. The lowest BCUT2D eigenvalue weighted by molar-refractivity contribution is 0.0949. The number of carbonyl (C=O) groups is 1. The maximum absolute atomic E-state index is 11.3. The molecule has 0 aromatic carbocycles. The fraction of sp³-hybridized carbons (Fsp3) is 0.500. The number of aromatic nitrogens is 2. The van der Waals surface area contributed by atoms with Crippen molar-refractivity contribution in [2.24, 2.45) is 7.05 Å². The summed E-state index contributed by atoms with van der Waals surface area (Å²) in [5, 5.41) is 3.67. The molecule has 0 aliphatic heterocycles. The summed E-state index contributed by atoms with van der Waals surface area (Å²) in [7, 11) is 1.84. The summed E-state index contributed by atoms with van der Waals surface area (Å²) in [5.41, 5.74) is 0.470. The lowest BCUT2D eigenvalue weighted by Crippen LogP contribution is -2.24. The topological polar surface area (TPSA) is 46.9 Å². The Morgan fingerprint density at radius 2 is 2.54 bits per heavy atom. The zero-order valence-corrected chi connectivity index (χ0v) is 9.04. The first-order valence-corrected chi connectivity index (χ1v) is 5.18. The van der Waals surface area contributed by atoms with Gasteiger partial charge >= 0.3 is 0 Å². The molecule has 0 fully saturated rings. The number of aryl methyl sites for hydroxylation is 1. The van der Waals surface area contributed by atoms with Crippen LogP contribution in [0.4, 0.5) is 0 Å². The average molecular weight is 246 g/mol. The normalized spacial score (nSPS) is 10.0. The van der Waals surface area contributed by atoms with E-state index in [1.807, 2.05) is 7.05 Å². The highest BCUT2D eigenvalue weighted by atomic mass is 79.9. The molecule has 1 heterocycles. The van der Waals surface area contributed by atoms with Gasteiger partial charge in [-0.05, 0) is 6.42 Å². The summed E-state index contributed by atoms with van der Waals surface area (Å²) in [4.78, 5) is 15.3. The molecule has 0 saturated carbocycles. The predicted molar refractivity (Wildman–Crippen MR) is 54.0 cm³/mol. The Morgan fingerprint density at radius 1 is 1.77 bits per heavy atom. The van der Waals surface area contributed by atoms with Gasteiger partial charge in [0.1, 0.15) is 5.69 Å². The highest BCUT2D eigenvalue weighted by Crippen LogP contribution is 1.93. The molecular formula is C8H12BrN3O. The van der Waals surface area contributed by atoms with Gasteiger partial charge in [-0.1, -0.05) is 15.9 Å². The largest absolute Gasteiger partial charge is 0.351 e. The van der Waals surface area contributed by atoms with E-state index in [-0.39, 0.29) is 5.91 Å². The third-order valence-corrected chi connectivity index (χ3v) is 2.09. The average Bonchev–Trinajstić information content (AvgIpc) is 2.52. The third kappa shape index (κ3) is 3.18. The molecule has 5 heteroatoms. The molecule has 1 aromatic rings. The van der Waals surface area contributed by atoms with Gasteiger partial charge in [0.05, 0.1) is 6.33 Å². The molecule has 0 saturated heterocycles. The van der Waals surface area contributed by atoms with Gasteiger partial charge in [-0.15, -0.1) is 0 Å². The SMILES string of the molecule is Cn1cnc(C(=O)NCCCBr)c1. The van der Waals surface area contributed by atoms with Gasteiger partial charge in [0.15, 0.2) is 0 Å². The van der Waals surface area contributed by atoms with E-state index in [1.165, 1.54) is 0 Å². The molecule has 1 rings (SSSR count). The predicted octanol–water partition coefficient (Wildman–Crippen LogP) is 0.935. The molecule has 13 heavy (non-hydrogen) atoms. The molecule has 0 unspecified atom stereocenters. The molecule has 0 bridgehead atoms. The second-order valence-electron chi connectivity index (χ2n) is 2.72. The Labute approximate surface area is 85.5 Å². The van der Waals surface area contributed by atoms with E-state index in [2.05, 4.69) is 26.2 Å². The molecule has 1 aromatic heterocycles. The summed E-state index contributed by atoms with van der Waals surface area (Å²) < 4.78 is 1.75. The van der Waals surface area contributed by atoms with Crippen molar-refractivity contribution in [3.05, 3.63) is 18.2 Å². The molecule has 4 nitrogen and oxygen atoms in total. The van der Waals surface area contributed by atoms with Crippen LogP contribution in [0.15, 0.2) is 12.5 Å². The quantitative estimate of drug-likeness (QED) is 0.634. The molecule has 0 aliphatic carbocycles. The number of imidazole rings is 1. The Morgan fingerprint density at radius 3 is 3.08 bits per heavy atom. The first-order valence-electron chi connectivity index (χ1n) is 4.06. The Kier molecular flexibility index (Phi) is 3.95. The summed E-state index contributed by atoms with van der Waals surface area (Å²) >= 11 is 3.29. The van der Waals surface area contributed by atoms with Gasteiger partial charge in [-0.25, -0.2) is 4.98 Å². The fourth-order valence-corrected chi connectivity index (χ4v) is 1.17. The van der Waals surface area contributed by atoms with E-state index >= 15 is 0 Å². The number of nitrogens with zero attached hydrogens (tertiary/aromatic N) is 2. The number of hydrogen-bond acceptors (Lipinski definition) is 2. The minimum Gasteiger partial charge on any atom is -0.351 e. The van der Waals surface area contributed by atoms with Gasteiger partial charge in [-0.2, -0.15) is 0 Å². The van der Waals surface area contributed by atoms with Gasteiger partial charge in [-0.3, -0.25) is 4.79 Å². The van der Waals surface area contributed by atoms with E-state index in [1.54, 1.807) is 17.1 Å². The van der Waals surface area contributed by atoms with Gasteiger partial charge < -0.3 is 9.88 Å². The molecule has 0 radical (unpaired) electrons. The number of nitrogens with one attached hydrogen (secondary N) is 1. The maximum Gasteiger partial charge on any atom is 0.271 e. The summed E-state index contributed by atoms with van der Waals surface area (Å²) in [6.45, 7) is 0.681. The fourth-order valence-electron chi connectivity index (χ4n) is 0.889. The van der Waals surface area contributed by atoms with Crippen LogP contribution in [0, 0.1) is 0 Å². The second-order valence-corrected chi connectivity index (χ2v) is 3.52. The number of amides is 1. The van der Waals surface area contributed by atoms with Crippen LogP contribution in [0.5, 0.6) is 0 Å².